The summed E-state index contributed by atoms with van der Waals surface area (Å²) in [4.78, 5) is 13.6. The molecule has 2 heterocycles. The van der Waals surface area contributed by atoms with Gasteiger partial charge in [0.1, 0.15) is 11.6 Å². The Morgan fingerprint density at radius 3 is 2.70 bits per heavy atom. The van der Waals surface area contributed by atoms with Crippen LogP contribution in [0.4, 0.5) is 33.7 Å². The quantitative estimate of drug-likeness (QED) is 0.690. The summed E-state index contributed by atoms with van der Waals surface area (Å²) in [5.41, 5.74) is -0.254. The molecule has 0 aromatic heterocycles. The number of amides is 2. The number of nitrogens with zero attached hydrogens (tertiary/aromatic N) is 1. The maximum atomic E-state index is 14.3. The van der Waals surface area contributed by atoms with Gasteiger partial charge in [0.2, 0.25) is 0 Å². The lowest BCUT2D eigenvalue weighted by molar-refractivity contribution is -0.0709. The van der Waals surface area contributed by atoms with Crippen LogP contribution in [0.15, 0.2) is 12.1 Å². The van der Waals surface area contributed by atoms with Gasteiger partial charge in [-0.3, -0.25) is 0 Å². The van der Waals surface area contributed by atoms with E-state index in [4.69, 9.17) is 4.74 Å². The van der Waals surface area contributed by atoms with Crippen molar-refractivity contribution in [3.05, 3.63) is 23.8 Å². The summed E-state index contributed by atoms with van der Waals surface area (Å²) in [6, 6.07) is 1.04. The average molecular weight is 390 g/mol. The number of benzene rings is 1. The number of nitrogens with one attached hydrogen (secondary N) is 3. The van der Waals surface area contributed by atoms with Gasteiger partial charge in [-0.25, -0.2) is 22.4 Å². The van der Waals surface area contributed by atoms with Crippen LogP contribution in [-0.4, -0.2) is 57.9 Å². The van der Waals surface area contributed by atoms with Gasteiger partial charge in [-0.15, -0.1) is 0 Å². The molecule has 0 aliphatic carbocycles. The van der Waals surface area contributed by atoms with Crippen LogP contribution in [0.3, 0.4) is 0 Å². The van der Waals surface area contributed by atoms with E-state index < -0.39 is 36.1 Å². The van der Waals surface area contributed by atoms with Gasteiger partial charge in [0.15, 0.2) is 0 Å². The number of hydrogen-bond donors (Lipinski definition) is 3. The molecule has 0 spiro atoms. The van der Waals surface area contributed by atoms with Crippen molar-refractivity contribution >= 4 is 17.4 Å². The third-order valence-corrected chi connectivity index (χ3v) is 4.77. The zero-order valence-electron chi connectivity index (χ0n) is 14.7. The lowest BCUT2D eigenvalue weighted by Gasteiger charge is -2.31. The van der Waals surface area contributed by atoms with Crippen molar-refractivity contribution < 1.29 is 27.1 Å². The number of alkyl halides is 2. The van der Waals surface area contributed by atoms with Crippen LogP contribution in [0.5, 0.6) is 0 Å². The zero-order valence-corrected chi connectivity index (χ0v) is 14.7. The number of urea groups is 1. The van der Waals surface area contributed by atoms with Crippen LogP contribution in [0.25, 0.3) is 0 Å². The Bertz CT molecular complexity index is 683. The number of anilines is 2. The summed E-state index contributed by atoms with van der Waals surface area (Å²) in [5, 5.41) is 7.08. The highest BCUT2D eigenvalue weighted by Gasteiger charge is 2.41. The lowest BCUT2D eigenvalue weighted by Crippen LogP contribution is -2.50. The molecule has 3 rings (SSSR count). The first-order valence-corrected chi connectivity index (χ1v) is 8.82. The van der Waals surface area contributed by atoms with E-state index in [2.05, 4.69) is 16.0 Å². The number of ether oxygens (including phenoxy) is 1. The van der Waals surface area contributed by atoms with Gasteiger partial charge >= 0.3 is 6.03 Å². The molecule has 1 atom stereocenters. The van der Waals surface area contributed by atoms with Crippen LogP contribution in [0, 0.1) is 17.6 Å². The standard InChI is InChI=1S/C17H22F4N4O2/c18-12-8-15(25-3-5-27-6-4-25)13(19)7-14(12)24-16(26)23-9-11-1-2-22-10-17(11,20)21/h7-8,11,22H,1-6,9-10H2,(H2,23,24,26). The van der Waals surface area contributed by atoms with E-state index in [-0.39, 0.29) is 24.3 Å². The first-order chi connectivity index (χ1) is 12.9. The highest BCUT2D eigenvalue weighted by molar-refractivity contribution is 5.89. The monoisotopic (exact) mass is 390 g/mol. The minimum Gasteiger partial charge on any atom is -0.378 e. The second-order valence-electron chi connectivity index (χ2n) is 6.64. The van der Waals surface area contributed by atoms with Gasteiger partial charge in [-0.05, 0) is 13.0 Å². The number of piperidine rings is 1. The van der Waals surface area contributed by atoms with Gasteiger partial charge in [0.05, 0.1) is 31.1 Å². The van der Waals surface area contributed by atoms with E-state index in [0.29, 0.717) is 32.8 Å². The van der Waals surface area contributed by atoms with Gasteiger partial charge in [0.25, 0.3) is 5.92 Å². The molecule has 2 amide bonds. The number of carbonyl (C=O) groups excluding carboxylic acids is 1. The summed E-state index contributed by atoms with van der Waals surface area (Å²) in [5.74, 6) is -5.42. The zero-order chi connectivity index (χ0) is 19.4. The van der Waals surface area contributed by atoms with Crippen molar-refractivity contribution in [3.8, 4) is 0 Å². The fourth-order valence-electron chi connectivity index (χ4n) is 3.20. The Kier molecular flexibility index (Phi) is 6.05. The first-order valence-electron chi connectivity index (χ1n) is 8.82. The van der Waals surface area contributed by atoms with Crippen molar-refractivity contribution in [2.75, 3.05) is 56.2 Å². The second-order valence-corrected chi connectivity index (χ2v) is 6.64. The molecule has 150 valence electrons. The molecule has 0 radical (unpaired) electrons. The van der Waals surface area contributed by atoms with E-state index in [1.807, 2.05) is 0 Å². The van der Waals surface area contributed by atoms with Crippen molar-refractivity contribution in [3.63, 3.8) is 0 Å². The van der Waals surface area contributed by atoms with E-state index >= 15 is 0 Å². The summed E-state index contributed by atoms with van der Waals surface area (Å²) in [6.07, 6.45) is 0.213. The van der Waals surface area contributed by atoms with Crippen LogP contribution < -0.4 is 20.9 Å². The minimum atomic E-state index is -2.93. The van der Waals surface area contributed by atoms with Crippen molar-refractivity contribution in [2.45, 2.75) is 12.3 Å². The van der Waals surface area contributed by atoms with E-state index in [1.54, 1.807) is 4.90 Å². The van der Waals surface area contributed by atoms with E-state index in [9.17, 15) is 22.4 Å². The Labute approximate surface area is 154 Å². The fourth-order valence-corrected chi connectivity index (χ4v) is 3.20. The Hall–Kier alpha value is -2.07. The molecule has 1 aromatic rings. The summed E-state index contributed by atoms with van der Waals surface area (Å²) in [7, 11) is 0. The smallest absolute Gasteiger partial charge is 0.319 e. The minimum absolute atomic E-state index is 0.0936. The molecule has 0 saturated carbocycles. The predicted molar refractivity (Wildman–Crippen MR) is 92.3 cm³/mol. The highest BCUT2D eigenvalue weighted by Crippen LogP contribution is 2.29. The van der Waals surface area contributed by atoms with Gasteiger partial charge in [-0.2, -0.15) is 0 Å². The molecule has 27 heavy (non-hydrogen) atoms. The van der Waals surface area contributed by atoms with E-state index in [0.717, 1.165) is 12.1 Å². The molecule has 10 heteroatoms. The number of carbonyl (C=O) groups is 1. The number of rotatable bonds is 4. The molecule has 3 N–H and O–H groups in total. The van der Waals surface area contributed by atoms with Crippen LogP contribution in [0.2, 0.25) is 0 Å². The maximum Gasteiger partial charge on any atom is 0.319 e. The Morgan fingerprint density at radius 1 is 1.26 bits per heavy atom. The molecule has 2 fully saturated rings. The third kappa shape index (κ3) is 4.81. The SMILES string of the molecule is O=C(NCC1CCNCC1(F)F)Nc1cc(F)c(N2CCOCC2)cc1F. The van der Waals surface area contributed by atoms with Crippen LogP contribution >= 0.6 is 0 Å². The topological polar surface area (TPSA) is 65.6 Å². The summed E-state index contributed by atoms with van der Waals surface area (Å²) < 4.78 is 61.2. The summed E-state index contributed by atoms with van der Waals surface area (Å²) >= 11 is 0. The van der Waals surface area contributed by atoms with Crippen molar-refractivity contribution in [1.82, 2.24) is 10.6 Å². The molecular weight excluding hydrogens is 368 g/mol. The number of hydrogen-bond acceptors (Lipinski definition) is 4. The molecule has 0 bridgehead atoms. The van der Waals surface area contributed by atoms with Gasteiger partial charge in [-0.1, -0.05) is 0 Å². The van der Waals surface area contributed by atoms with Crippen molar-refractivity contribution in [2.24, 2.45) is 5.92 Å². The number of halogens is 4. The van der Waals surface area contributed by atoms with Crippen LogP contribution in [-0.2, 0) is 4.74 Å². The maximum absolute atomic E-state index is 14.3. The Morgan fingerprint density at radius 2 is 2.00 bits per heavy atom. The molecule has 2 saturated heterocycles. The molecule has 1 unspecified atom stereocenters. The molecule has 2 aliphatic rings. The largest absolute Gasteiger partial charge is 0.378 e. The van der Waals surface area contributed by atoms with Crippen molar-refractivity contribution in [1.29, 1.82) is 0 Å². The molecule has 1 aromatic carbocycles. The highest BCUT2D eigenvalue weighted by atomic mass is 19.3. The fraction of sp³-hybridized carbons (Fsp3) is 0.588. The van der Waals surface area contributed by atoms with E-state index in [1.165, 1.54) is 0 Å². The van der Waals surface area contributed by atoms with Gasteiger partial charge < -0.3 is 25.6 Å². The molecule has 2 aliphatic heterocycles. The molecular formula is C17H22F4N4O2. The normalized spacial score (nSPS) is 22.4. The van der Waals surface area contributed by atoms with Crippen LogP contribution in [0.1, 0.15) is 6.42 Å². The predicted octanol–water partition coefficient (Wildman–Crippen LogP) is 2.17. The lowest BCUT2D eigenvalue weighted by atomic mass is 9.94. The summed E-state index contributed by atoms with van der Waals surface area (Å²) in [6.45, 7) is 1.46. The number of morpholine rings is 1. The average Bonchev–Trinajstić information content (AvgIpc) is 2.64. The third-order valence-electron chi connectivity index (χ3n) is 4.77. The Balaban J connectivity index is 1.59. The first kappa shape index (κ1) is 19.7. The molecule has 6 nitrogen and oxygen atoms in total. The second kappa shape index (κ2) is 8.30. The van der Waals surface area contributed by atoms with Gasteiger partial charge in [0, 0.05) is 37.7 Å².